The molecule has 4 rings (SSSR count). The highest BCUT2D eigenvalue weighted by Crippen LogP contribution is 2.31. The Balaban J connectivity index is 0.000000339. The molecule has 1 unspecified atom stereocenters. The number of hydrogen-bond acceptors (Lipinski definition) is 7. The zero-order valence-corrected chi connectivity index (χ0v) is 16.9. The quantitative estimate of drug-likeness (QED) is 0.715. The molecular formula is C18H19F3N4O5S. The fourth-order valence-electron chi connectivity index (χ4n) is 3.64. The summed E-state index contributed by atoms with van der Waals surface area (Å²) in [6, 6.07) is 2.13. The van der Waals surface area contributed by atoms with E-state index >= 15 is 0 Å². The van der Waals surface area contributed by atoms with Crippen molar-refractivity contribution >= 4 is 45.2 Å². The molecule has 0 spiro atoms. The molecule has 31 heavy (non-hydrogen) atoms. The number of carbonyl (C=O) groups excluding carboxylic acids is 1. The average molecular weight is 460 g/mol. The molecule has 168 valence electrons. The lowest BCUT2D eigenvalue weighted by molar-refractivity contribution is -0.192. The standard InChI is InChI=1S/C16H18N4O3S.C2HF3O2/c21-13-7-10(16(22)23)8-20(13)11-1-4-19(5-2-11)15-14-12(3-6-24-14)17-9-18-15;3-2(4,5)1(6)7/h3,6,9-11H,1-2,4-5,7-8H2,(H,22,23);(H,6,7). The van der Waals surface area contributed by atoms with Gasteiger partial charge in [0.25, 0.3) is 0 Å². The number of halogens is 3. The SMILES string of the molecule is O=C(O)C(F)(F)F.O=C(O)C1CC(=O)N(C2CCN(c3ncnc4ccsc34)CC2)C1. The number of rotatable bonds is 3. The number of likely N-dealkylation sites (tertiary alicyclic amines) is 1. The molecule has 2 fully saturated rings. The lowest BCUT2D eigenvalue weighted by Gasteiger charge is -2.37. The van der Waals surface area contributed by atoms with Gasteiger partial charge in [-0.05, 0) is 24.3 Å². The lowest BCUT2D eigenvalue weighted by Crippen LogP contribution is -2.46. The summed E-state index contributed by atoms with van der Waals surface area (Å²) in [6.07, 6.45) is -1.67. The van der Waals surface area contributed by atoms with Gasteiger partial charge in [0.15, 0.2) is 0 Å². The summed E-state index contributed by atoms with van der Waals surface area (Å²) in [6.45, 7) is 1.98. The van der Waals surface area contributed by atoms with Gasteiger partial charge in [-0.15, -0.1) is 11.3 Å². The van der Waals surface area contributed by atoms with Crippen LogP contribution in [0.15, 0.2) is 17.8 Å². The molecular weight excluding hydrogens is 441 g/mol. The van der Waals surface area contributed by atoms with Crippen LogP contribution in [0.25, 0.3) is 10.2 Å². The van der Waals surface area contributed by atoms with E-state index in [1.807, 2.05) is 11.4 Å². The Morgan fingerprint density at radius 3 is 2.35 bits per heavy atom. The summed E-state index contributed by atoms with van der Waals surface area (Å²) in [5.41, 5.74) is 0.964. The maximum absolute atomic E-state index is 12.1. The van der Waals surface area contributed by atoms with Crippen molar-refractivity contribution in [2.24, 2.45) is 5.92 Å². The van der Waals surface area contributed by atoms with Gasteiger partial charge in [-0.25, -0.2) is 14.8 Å². The number of carboxylic acid groups (broad SMARTS) is 2. The minimum absolute atomic E-state index is 0.0245. The van der Waals surface area contributed by atoms with Gasteiger partial charge in [-0.1, -0.05) is 0 Å². The molecule has 4 heterocycles. The van der Waals surface area contributed by atoms with Gasteiger partial charge in [0.2, 0.25) is 5.91 Å². The second-order valence-electron chi connectivity index (χ2n) is 7.14. The van der Waals surface area contributed by atoms with Crippen LogP contribution in [-0.4, -0.2) is 74.8 Å². The van der Waals surface area contributed by atoms with E-state index in [1.54, 1.807) is 22.6 Å². The first-order valence-electron chi connectivity index (χ1n) is 9.33. The lowest BCUT2D eigenvalue weighted by atomic mass is 10.0. The van der Waals surface area contributed by atoms with Gasteiger partial charge in [0.05, 0.1) is 16.1 Å². The Bertz CT molecular complexity index is 975. The van der Waals surface area contributed by atoms with E-state index in [9.17, 15) is 22.8 Å². The molecule has 0 radical (unpaired) electrons. The maximum atomic E-state index is 12.1. The predicted octanol–water partition coefficient (Wildman–Crippen LogP) is 2.23. The number of hydrogen-bond donors (Lipinski definition) is 2. The normalized spacial score (nSPS) is 20.0. The predicted molar refractivity (Wildman–Crippen MR) is 104 cm³/mol. The average Bonchev–Trinajstić information content (AvgIpc) is 3.34. The van der Waals surface area contributed by atoms with Crippen molar-refractivity contribution in [2.45, 2.75) is 31.5 Å². The minimum atomic E-state index is -5.08. The number of aliphatic carboxylic acids is 2. The van der Waals surface area contributed by atoms with Crippen molar-refractivity contribution < 1.29 is 37.8 Å². The molecule has 13 heteroatoms. The third-order valence-electron chi connectivity index (χ3n) is 5.18. The Hall–Kier alpha value is -2.96. The largest absolute Gasteiger partial charge is 0.490 e. The topological polar surface area (TPSA) is 124 Å². The molecule has 2 saturated heterocycles. The summed E-state index contributed by atoms with van der Waals surface area (Å²) >= 11 is 1.64. The zero-order chi connectivity index (χ0) is 22.8. The Morgan fingerprint density at radius 1 is 1.16 bits per heavy atom. The van der Waals surface area contributed by atoms with Crippen molar-refractivity contribution in [2.75, 3.05) is 24.5 Å². The summed E-state index contributed by atoms with van der Waals surface area (Å²) < 4.78 is 32.8. The number of nitrogens with zero attached hydrogens (tertiary/aromatic N) is 4. The fraction of sp³-hybridized carbons (Fsp3) is 0.500. The van der Waals surface area contributed by atoms with Crippen molar-refractivity contribution in [1.29, 1.82) is 0 Å². The van der Waals surface area contributed by atoms with Crippen LogP contribution in [-0.2, 0) is 14.4 Å². The maximum Gasteiger partial charge on any atom is 0.490 e. The third-order valence-corrected chi connectivity index (χ3v) is 6.08. The smallest absolute Gasteiger partial charge is 0.481 e. The summed E-state index contributed by atoms with van der Waals surface area (Å²) in [4.78, 5) is 44.9. The molecule has 1 amide bonds. The molecule has 2 N–H and O–H groups in total. The molecule has 2 aromatic rings. The molecule has 0 aromatic carbocycles. The molecule has 9 nitrogen and oxygen atoms in total. The van der Waals surface area contributed by atoms with Gasteiger partial charge in [-0.2, -0.15) is 13.2 Å². The zero-order valence-electron chi connectivity index (χ0n) is 16.1. The van der Waals surface area contributed by atoms with E-state index in [-0.39, 0.29) is 18.4 Å². The number of carboxylic acids is 2. The van der Waals surface area contributed by atoms with Crippen LogP contribution in [0.5, 0.6) is 0 Å². The third kappa shape index (κ3) is 5.21. The van der Waals surface area contributed by atoms with Gasteiger partial charge >= 0.3 is 18.1 Å². The van der Waals surface area contributed by atoms with Crippen LogP contribution in [0.1, 0.15) is 19.3 Å². The number of carbonyl (C=O) groups is 3. The monoisotopic (exact) mass is 460 g/mol. The highest BCUT2D eigenvalue weighted by atomic mass is 32.1. The molecule has 0 aliphatic carbocycles. The van der Waals surface area contributed by atoms with Crippen LogP contribution in [0.2, 0.25) is 0 Å². The molecule has 0 saturated carbocycles. The number of thiophene rings is 1. The second kappa shape index (κ2) is 9.04. The van der Waals surface area contributed by atoms with Crippen LogP contribution in [0, 0.1) is 5.92 Å². The van der Waals surface area contributed by atoms with Crippen LogP contribution < -0.4 is 4.90 Å². The van der Waals surface area contributed by atoms with Crippen molar-refractivity contribution in [3.63, 3.8) is 0 Å². The highest BCUT2D eigenvalue weighted by Gasteiger charge is 2.39. The van der Waals surface area contributed by atoms with E-state index in [2.05, 4.69) is 14.9 Å². The second-order valence-corrected chi connectivity index (χ2v) is 8.05. The van der Waals surface area contributed by atoms with E-state index in [0.717, 1.165) is 42.0 Å². The van der Waals surface area contributed by atoms with E-state index in [4.69, 9.17) is 15.0 Å². The van der Waals surface area contributed by atoms with Gasteiger partial charge in [-0.3, -0.25) is 9.59 Å². The number of piperidine rings is 1. The number of fused-ring (bicyclic) bond motifs is 1. The first kappa shape index (κ1) is 22.7. The minimum Gasteiger partial charge on any atom is -0.481 e. The number of anilines is 1. The van der Waals surface area contributed by atoms with Gasteiger partial charge in [0, 0.05) is 32.1 Å². The highest BCUT2D eigenvalue weighted by molar-refractivity contribution is 7.17. The van der Waals surface area contributed by atoms with Crippen LogP contribution in [0.4, 0.5) is 19.0 Å². The first-order chi connectivity index (χ1) is 14.6. The fourth-order valence-corrected chi connectivity index (χ4v) is 4.50. The number of aromatic nitrogens is 2. The summed E-state index contributed by atoms with van der Waals surface area (Å²) in [7, 11) is 0. The van der Waals surface area contributed by atoms with E-state index < -0.39 is 24.0 Å². The van der Waals surface area contributed by atoms with Crippen molar-refractivity contribution in [3.05, 3.63) is 17.8 Å². The Kier molecular flexibility index (Phi) is 6.62. The number of amides is 1. The summed E-state index contributed by atoms with van der Waals surface area (Å²) in [5, 5.41) is 18.3. The van der Waals surface area contributed by atoms with Crippen molar-refractivity contribution in [1.82, 2.24) is 14.9 Å². The first-order valence-corrected chi connectivity index (χ1v) is 10.2. The molecule has 2 aliphatic heterocycles. The van der Waals surface area contributed by atoms with Gasteiger partial charge in [0.1, 0.15) is 12.1 Å². The Labute approximate surface area is 178 Å². The molecule has 1 atom stereocenters. The molecule has 2 aliphatic rings. The van der Waals surface area contributed by atoms with Gasteiger partial charge < -0.3 is 20.0 Å². The van der Waals surface area contributed by atoms with Crippen LogP contribution >= 0.6 is 11.3 Å². The number of alkyl halides is 3. The van der Waals surface area contributed by atoms with Crippen molar-refractivity contribution in [3.8, 4) is 0 Å². The van der Waals surface area contributed by atoms with E-state index in [0.29, 0.717) is 6.54 Å². The summed E-state index contributed by atoms with van der Waals surface area (Å²) in [5.74, 6) is -3.24. The Morgan fingerprint density at radius 2 is 1.81 bits per heavy atom. The van der Waals surface area contributed by atoms with E-state index in [1.165, 1.54) is 0 Å². The molecule has 2 aromatic heterocycles. The van der Waals surface area contributed by atoms with Crippen LogP contribution in [0.3, 0.4) is 0 Å². The molecule has 0 bridgehead atoms.